The second kappa shape index (κ2) is 8.92. The summed E-state index contributed by atoms with van der Waals surface area (Å²) in [6.45, 7) is 3.42. The molecule has 2 aromatic rings. The monoisotopic (exact) mass is 423 g/mol. The molecule has 2 aromatic carbocycles. The van der Waals surface area contributed by atoms with Gasteiger partial charge in [0.15, 0.2) is 0 Å². The van der Waals surface area contributed by atoms with Gasteiger partial charge in [-0.05, 0) is 61.7 Å². The van der Waals surface area contributed by atoms with Crippen LogP contribution >= 0.6 is 11.8 Å². The van der Waals surface area contributed by atoms with Crippen LogP contribution in [0.5, 0.6) is 0 Å². The number of amides is 3. The highest BCUT2D eigenvalue weighted by molar-refractivity contribution is 7.99. The molecule has 3 amide bonds. The van der Waals surface area contributed by atoms with Crippen molar-refractivity contribution in [1.82, 2.24) is 4.90 Å². The number of carbonyl (C=O) groups excluding carboxylic acids is 3. The molecule has 1 saturated carbocycles. The van der Waals surface area contributed by atoms with Gasteiger partial charge in [0.2, 0.25) is 5.91 Å². The van der Waals surface area contributed by atoms with Gasteiger partial charge >= 0.3 is 0 Å². The lowest BCUT2D eigenvalue weighted by Crippen LogP contribution is -2.37. The zero-order valence-corrected chi connectivity index (χ0v) is 17.8. The van der Waals surface area contributed by atoms with E-state index < -0.39 is 0 Å². The van der Waals surface area contributed by atoms with Crippen molar-refractivity contribution in [2.45, 2.75) is 19.8 Å². The lowest BCUT2D eigenvalue weighted by molar-refractivity contribution is -0.117. The van der Waals surface area contributed by atoms with Crippen molar-refractivity contribution in [3.05, 3.63) is 59.2 Å². The second-order valence-corrected chi connectivity index (χ2v) is 8.96. The number of anilines is 2. The molecular weight excluding hydrogens is 398 g/mol. The van der Waals surface area contributed by atoms with Crippen molar-refractivity contribution in [2.24, 2.45) is 5.92 Å². The standard InChI is InChI=1S/C23H25N3O3S/c1-15-13-18(23(29)26-9-11-30-12-10-26)7-8-20(15)25-22(28)17-3-2-4-19(14-17)24-21(27)16-5-6-16/h2-4,7-8,13-14,16H,5-6,9-12H2,1H3,(H,24,27)(H,25,28). The quantitative estimate of drug-likeness (QED) is 0.767. The van der Waals surface area contributed by atoms with E-state index in [0.717, 1.165) is 43.0 Å². The number of benzene rings is 2. The van der Waals surface area contributed by atoms with E-state index in [-0.39, 0.29) is 23.6 Å². The van der Waals surface area contributed by atoms with Crippen LogP contribution in [-0.2, 0) is 4.79 Å². The van der Waals surface area contributed by atoms with Gasteiger partial charge in [0, 0.05) is 53.0 Å². The predicted octanol–water partition coefficient (Wildman–Crippen LogP) is 3.78. The van der Waals surface area contributed by atoms with Gasteiger partial charge in [0.05, 0.1) is 0 Å². The summed E-state index contributed by atoms with van der Waals surface area (Å²) in [5, 5.41) is 5.77. The fraction of sp³-hybridized carbons (Fsp3) is 0.348. The molecule has 1 saturated heterocycles. The largest absolute Gasteiger partial charge is 0.337 e. The molecule has 4 rings (SSSR count). The van der Waals surface area contributed by atoms with Gasteiger partial charge in [-0.25, -0.2) is 0 Å². The van der Waals surface area contributed by atoms with Gasteiger partial charge < -0.3 is 15.5 Å². The molecule has 7 heteroatoms. The summed E-state index contributed by atoms with van der Waals surface area (Å²) in [7, 11) is 0. The first-order chi connectivity index (χ1) is 14.5. The normalized spacial score (nSPS) is 16.1. The van der Waals surface area contributed by atoms with Gasteiger partial charge in [0.25, 0.3) is 11.8 Å². The topological polar surface area (TPSA) is 78.5 Å². The molecule has 30 heavy (non-hydrogen) atoms. The van der Waals surface area contributed by atoms with Crippen LogP contribution in [0.4, 0.5) is 11.4 Å². The lowest BCUT2D eigenvalue weighted by Gasteiger charge is -2.26. The third-order valence-electron chi connectivity index (χ3n) is 5.36. The predicted molar refractivity (Wildman–Crippen MR) is 120 cm³/mol. The number of nitrogens with one attached hydrogen (secondary N) is 2. The maximum absolute atomic E-state index is 12.7. The summed E-state index contributed by atoms with van der Waals surface area (Å²) in [6.07, 6.45) is 1.86. The van der Waals surface area contributed by atoms with E-state index in [4.69, 9.17) is 0 Å². The van der Waals surface area contributed by atoms with Crippen molar-refractivity contribution in [2.75, 3.05) is 35.2 Å². The van der Waals surface area contributed by atoms with E-state index in [1.807, 2.05) is 29.7 Å². The van der Waals surface area contributed by atoms with Crippen LogP contribution in [0.1, 0.15) is 39.1 Å². The average molecular weight is 424 g/mol. The molecule has 0 radical (unpaired) electrons. The number of rotatable bonds is 5. The average Bonchev–Trinajstić information content (AvgIpc) is 3.61. The first-order valence-electron chi connectivity index (χ1n) is 10.2. The highest BCUT2D eigenvalue weighted by Gasteiger charge is 2.29. The van der Waals surface area contributed by atoms with E-state index in [1.165, 1.54) is 0 Å². The molecule has 0 bridgehead atoms. The molecule has 2 fully saturated rings. The van der Waals surface area contributed by atoms with Crippen LogP contribution in [0.15, 0.2) is 42.5 Å². The van der Waals surface area contributed by atoms with E-state index in [0.29, 0.717) is 22.5 Å². The molecule has 0 spiro atoms. The van der Waals surface area contributed by atoms with E-state index in [1.54, 1.807) is 36.4 Å². The molecule has 1 aliphatic heterocycles. The van der Waals surface area contributed by atoms with Crippen LogP contribution in [0.25, 0.3) is 0 Å². The number of hydrogen-bond donors (Lipinski definition) is 2. The third-order valence-corrected chi connectivity index (χ3v) is 6.30. The molecular formula is C23H25N3O3S. The van der Waals surface area contributed by atoms with Crippen LogP contribution in [-0.4, -0.2) is 47.2 Å². The van der Waals surface area contributed by atoms with Crippen LogP contribution in [0.3, 0.4) is 0 Å². The smallest absolute Gasteiger partial charge is 0.255 e. The maximum Gasteiger partial charge on any atom is 0.255 e. The Morgan fingerprint density at radius 3 is 2.43 bits per heavy atom. The fourth-order valence-corrected chi connectivity index (χ4v) is 4.31. The number of aryl methyl sites for hydroxylation is 1. The Kier molecular flexibility index (Phi) is 6.08. The van der Waals surface area contributed by atoms with E-state index >= 15 is 0 Å². The van der Waals surface area contributed by atoms with Gasteiger partial charge in [0.1, 0.15) is 0 Å². The highest BCUT2D eigenvalue weighted by atomic mass is 32.2. The Labute approximate surface area is 180 Å². The summed E-state index contributed by atoms with van der Waals surface area (Å²) in [6, 6.07) is 12.3. The van der Waals surface area contributed by atoms with Crippen LogP contribution in [0, 0.1) is 12.8 Å². The summed E-state index contributed by atoms with van der Waals surface area (Å²) < 4.78 is 0. The fourth-order valence-electron chi connectivity index (χ4n) is 3.41. The molecule has 1 aliphatic carbocycles. The van der Waals surface area contributed by atoms with Crippen molar-refractivity contribution in [3.63, 3.8) is 0 Å². The van der Waals surface area contributed by atoms with Crippen molar-refractivity contribution in [1.29, 1.82) is 0 Å². The zero-order valence-electron chi connectivity index (χ0n) is 16.9. The van der Waals surface area contributed by atoms with Crippen molar-refractivity contribution in [3.8, 4) is 0 Å². The summed E-state index contributed by atoms with van der Waals surface area (Å²) >= 11 is 1.87. The SMILES string of the molecule is Cc1cc(C(=O)N2CCSCC2)ccc1NC(=O)c1cccc(NC(=O)C2CC2)c1. The second-order valence-electron chi connectivity index (χ2n) is 7.73. The molecule has 2 N–H and O–H groups in total. The molecule has 2 aliphatic rings. The third kappa shape index (κ3) is 4.84. The summed E-state index contributed by atoms with van der Waals surface area (Å²) in [4.78, 5) is 39.2. The molecule has 156 valence electrons. The summed E-state index contributed by atoms with van der Waals surface area (Å²) in [5.41, 5.74) is 3.23. The lowest BCUT2D eigenvalue weighted by atomic mass is 10.1. The van der Waals surface area contributed by atoms with Gasteiger partial charge in [-0.3, -0.25) is 14.4 Å². The van der Waals surface area contributed by atoms with Crippen molar-refractivity contribution < 1.29 is 14.4 Å². The number of carbonyl (C=O) groups is 3. The van der Waals surface area contributed by atoms with Crippen molar-refractivity contribution >= 4 is 40.9 Å². The van der Waals surface area contributed by atoms with Gasteiger partial charge in [-0.15, -0.1) is 0 Å². The Balaban J connectivity index is 1.43. The maximum atomic E-state index is 12.7. The minimum absolute atomic E-state index is 0.0101. The highest BCUT2D eigenvalue weighted by Crippen LogP contribution is 2.30. The molecule has 6 nitrogen and oxygen atoms in total. The van der Waals surface area contributed by atoms with E-state index in [9.17, 15) is 14.4 Å². The Morgan fingerprint density at radius 2 is 1.73 bits per heavy atom. The minimum Gasteiger partial charge on any atom is -0.337 e. The molecule has 0 unspecified atom stereocenters. The number of hydrogen-bond acceptors (Lipinski definition) is 4. The molecule has 0 aromatic heterocycles. The summed E-state index contributed by atoms with van der Waals surface area (Å²) in [5.74, 6) is 1.84. The molecule has 0 atom stereocenters. The Bertz CT molecular complexity index is 981. The Morgan fingerprint density at radius 1 is 0.967 bits per heavy atom. The van der Waals surface area contributed by atoms with Gasteiger partial charge in [-0.2, -0.15) is 11.8 Å². The van der Waals surface area contributed by atoms with Gasteiger partial charge in [-0.1, -0.05) is 6.07 Å². The molecule has 1 heterocycles. The number of thioether (sulfide) groups is 1. The zero-order chi connectivity index (χ0) is 21.1. The minimum atomic E-state index is -0.257. The first kappa shape index (κ1) is 20.5. The number of nitrogens with zero attached hydrogens (tertiary/aromatic N) is 1. The van der Waals surface area contributed by atoms with Crippen LogP contribution < -0.4 is 10.6 Å². The first-order valence-corrected chi connectivity index (χ1v) is 11.4. The Hall–Kier alpha value is -2.80. The van der Waals surface area contributed by atoms with E-state index in [2.05, 4.69) is 10.6 Å². The van der Waals surface area contributed by atoms with Crippen LogP contribution in [0.2, 0.25) is 0 Å².